The number of nitrogens with one attached hydrogen (secondary N) is 2. The van der Waals surface area contributed by atoms with Crippen LogP contribution in [0.5, 0.6) is 0 Å². The van der Waals surface area contributed by atoms with Crippen molar-refractivity contribution in [3.63, 3.8) is 0 Å². The van der Waals surface area contributed by atoms with E-state index in [9.17, 15) is 4.79 Å². The first-order valence-electron chi connectivity index (χ1n) is 8.81. The Bertz CT molecular complexity index is 727. The summed E-state index contributed by atoms with van der Waals surface area (Å²) in [6.07, 6.45) is 4.56. The molecule has 3 rings (SSSR count). The highest BCUT2D eigenvalue weighted by Crippen LogP contribution is 2.23. The standard InChI is InChI=1S/C19H25N5O/c1-14(21-18-8-9-20-15(2)22-18)12-19(25)23-16-6-5-7-17(13-16)24-10-3-4-11-24/h5-9,13-14H,3-4,10-12H2,1-2H3,(H,23,25)(H,20,21,22)/t14-/m0/s1. The number of hydrogen-bond acceptors (Lipinski definition) is 5. The van der Waals surface area contributed by atoms with Crippen LogP contribution in [-0.2, 0) is 4.79 Å². The Balaban J connectivity index is 1.54. The molecule has 1 fully saturated rings. The quantitative estimate of drug-likeness (QED) is 0.846. The van der Waals surface area contributed by atoms with Gasteiger partial charge >= 0.3 is 0 Å². The minimum absolute atomic E-state index is 0.00986. The molecule has 1 saturated heterocycles. The van der Waals surface area contributed by atoms with Gasteiger partial charge in [0.15, 0.2) is 0 Å². The van der Waals surface area contributed by atoms with E-state index < -0.39 is 0 Å². The zero-order valence-corrected chi connectivity index (χ0v) is 14.8. The Morgan fingerprint density at radius 2 is 2.08 bits per heavy atom. The van der Waals surface area contributed by atoms with E-state index in [4.69, 9.17) is 0 Å². The van der Waals surface area contributed by atoms with Crippen LogP contribution >= 0.6 is 0 Å². The van der Waals surface area contributed by atoms with Gasteiger partial charge in [0.25, 0.3) is 0 Å². The maximum absolute atomic E-state index is 12.3. The molecule has 132 valence electrons. The Morgan fingerprint density at radius 3 is 2.84 bits per heavy atom. The lowest BCUT2D eigenvalue weighted by Crippen LogP contribution is -2.24. The molecule has 6 heteroatoms. The van der Waals surface area contributed by atoms with Gasteiger partial charge in [0.1, 0.15) is 11.6 Å². The van der Waals surface area contributed by atoms with E-state index in [0.29, 0.717) is 12.2 Å². The first kappa shape index (κ1) is 17.2. The van der Waals surface area contributed by atoms with Gasteiger partial charge < -0.3 is 15.5 Å². The number of hydrogen-bond donors (Lipinski definition) is 2. The van der Waals surface area contributed by atoms with Gasteiger partial charge in [0.2, 0.25) is 5.91 Å². The number of amides is 1. The molecule has 0 aliphatic carbocycles. The molecule has 2 N–H and O–H groups in total. The third kappa shape index (κ3) is 4.92. The molecule has 0 bridgehead atoms. The molecule has 25 heavy (non-hydrogen) atoms. The fraction of sp³-hybridized carbons (Fsp3) is 0.421. The van der Waals surface area contributed by atoms with Crippen LogP contribution in [0, 0.1) is 6.92 Å². The second-order valence-corrected chi connectivity index (χ2v) is 6.53. The number of rotatable bonds is 6. The van der Waals surface area contributed by atoms with E-state index >= 15 is 0 Å². The highest BCUT2D eigenvalue weighted by atomic mass is 16.1. The molecular weight excluding hydrogens is 314 g/mol. The Kier molecular flexibility index (Phi) is 5.48. The third-order valence-corrected chi connectivity index (χ3v) is 4.26. The Morgan fingerprint density at radius 1 is 1.28 bits per heavy atom. The summed E-state index contributed by atoms with van der Waals surface area (Å²) in [6.45, 7) is 6.00. The van der Waals surface area contributed by atoms with Crippen molar-refractivity contribution in [3.05, 3.63) is 42.4 Å². The van der Waals surface area contributed by atoms with Crippen molar-refractivity contribution in [2.45, 2.75) is 39.2 Å². The Labute approximate surface area is 148 Å². The number of aryl methyl sites for hydroxylation is 1. The summed E-state index contributed by atoms with van der Waals surface area (Å²) >= 11 is 0. The van der Waals surface area contributed by atoms with Gasteiger partial charge in [-0.2, -0.15) is 0 Å². The van der Waals surface area contributed by atoms with Crippen molar-refractivity contribution in [2.75, 3.05) is 28.6 Å². The van der Waals surface area contributed by atoms with Gasteiger partial charge in [-0.15, -0.1) is 0 Å². The number of anilines is 3. The summed E-state index contributed by atoms with van der Waals surface area (Å²) in [7, 11) is 0. The first-order chi connectivity index (χ1) is 12.1. The minimum atomic E-state index is -0.0175. The van der Waals surface area contributed by atoms with Crippen LogP contribution in [0.25, 0.3) is 0 Å². The smallest absolute Gasteiger partial charge is 0.226 e. The number of aromatic nitrogens is 2. The summed E-state index contributed by atoms with van der Waals surface area (Å²) in [5, 5.41) is 6.23. The van der Waals surface area contributed by atoms with E-state index in [1.165, 1.54) is 18.5 Å². The molecule has 0 spiro atoms. The fourth-order valence-electron chi connectivity index (χ4n) is 3.09. The second kappa shape index (κ2) is 7.96. The summed E-state index contributed by atoms with van der Waals surface area (Å²) in [4.78, 5) is 23.0. The largest absolute Gasteiger partial charge is 0.371 e. The van der Waals surface area contributed by atoms with E-state index in [1.807, 2.05) is 26.0 Å². The zero-order valence-electron chi connectivity index (χ0n) is 14.8. The van der Waals surface area contributed by atoms with Crippen molar-refractivity contribution in [3.8, 4) is 0 Å². The minimum Gasteiger partial charge on any atom is -0.371 e. The van der Waals surface area contributed by atoms with Gasteiger partial charge in [-0.3, -0.25) is 4.79 Å². The van der Waals surface area contributed by atoms with Gasteiger partial charge in [-0.25, -0.2) is 9.97 Å². The molecule has 1 atom stereocenters. The van der Waals surface area contributed by atoms with E-state index in [1.54, 1.807) is 12.3 Å². The van der Waals surface area contributed by atoms with E-state index in [0.717, 1.165) is 24.6 Å². The normalized spacial score (nSPS) is 15.0. The highest BCUT2D eigenvalue weighted by Gasteiger charge is 2.14. The molecule has 1 aromatic heterocycles. The fourth-order valence-corrected chi connectivity index (χ4v) is 3.09. The van der Waals surface area contributed by atoms with Crippen LogP contribution in [0.4, 0.5) is 17.2 Å². The Hall–Kier alpha value is -2.63. The van der Waals surface area contributed by atoms with Crippen LogP contribution in [0.3, 0.4) is 0 Å². The van der Waals surface area contributed by atoms with Crippen LogP contribution in [0.1, 0.15) is 32.0 Å². The van der Waals surface area contributed by atoms with Crippen molar-refractivity contribution in [2.24, 2.45) is 0 Å². The molecular formula is C19H25N5O. The topological polar surface area (TPSA) is 70.2 Å². The number of carbonyl (C=O) groups excluding carboxylic acids is 1. The summed E-state index contributed by atoms with van der Waals surface area (Å²) in [6, 6.07) is 9.87. The highest BCUT2D eigenvalue weighted by molar-refractivity contribution is 5.91. The van der Waals surface area contributed by atoms with Crippen LogP contribution in [-0.4, -0.2) is 35.0 Å². The molecule has 0 radical (unpaired) electrons. The van der Waals surface area contributed by atoms with Gasteiger partial charge in [0.05, 0.1) is 0 Å². The molecule has 2 aromatic rings. The zero-order chi connectivity index (χ0) is 17.6. The molecule has 1 aliphatic heterocycles. The number of carbonyl (C=O) groups is 1. The van der Waals surface area contributed by atoms with Crippen LogP contribution in [0.2, 0.25) is 0 Å². The van der Waals surface area contributed by atoms with E-state index in [2.05, 4.69) is 37.6 Å². The molecule has 1 amide bonds. The van der Waals surface area contributed by atoms with Crippen molar-refractivity contribution in [1.29, 1.82) is 0 Å². The van der Waals surface area contributed by atoms with E-state index in [-0.39, 0.29) is 11.9 Å². The molecule has 0 saturated carbocycles. The van der Waals surface area contributed by atoms with Crippen LogP contribution in [0.15, 0.2) is 36.5 Å². The lowest BCUT2D eigenvalue weighted by molar-refractivity contribution is -0.116. The third-order valence-electron chi connectivity index (χ3n) is 4.26. The average molecular weight is 339 g/mol. The molecule has 0 unspecified atom stereocenters. The van der Waals surface area contributed by atoms with Gasteiger partial charge in [0, 0.05) is 43.1 Å². The average Bonchev–Trinajstić information content (AvgIpc) is 3.09. The lowest BCUT2D eigenvalue weighted by atomic mass is 10.2. The number of benzene rings is 1. The molecule has 2 heterocycles. The molecule has 1 aromatic carbocycles. The number of nitrogens with zero attached hydrogens (tertiary/aromatic N) is 3. The first-order valence-corrected chi connectivity index (χ1v) is 8.81. The maximum atomic E-state index is 12.3. The van der Waals surface area contributed by atoms with Gasteiger partial charge in [-0.05, 0) is 51.0 Å². The second-order valence-electron chi connectivity index (χ2n) is 6.53. The van der Waals surface area contributed by atoms with Crippen molar-refractivity contribution < 1.29 is 4.79 Å². The predicted molar refractivity (Wildman–Crippen MR) is 101 cm³/mol. The van der Waals surface area contributed by atoms with Gasteiger partial charge in [-0.1, -0.05) is 6.07 Å². The van der Waals surface area contributed by atoms with Crippen LogP contribution < -0.4 is 15.5 Å². The molecule has 6 nitrogen and oxygen atoms in total. The molecule has 1 aliphatic rings. The predicted octanol–water partition coefficient (Wildman–Crippen LogP) is 3.21. The SMILES string of the molecule is Cc1nccc(N[C@@H](C)CC(=O)Nc2cccc(N3CCCC3)c2)n1. The summed E-state index contributed by atoms with van der Waals surface area (Å²) < 4.78 is 0. The lowest BCUT2D eigenvalue weighted by Gasteiger charge is -2.19. The monoisotopic (exact) mass is 339 g/mol. The van der Waals surface area contributed by atoms with Crippen molar-refractivity contribution in [1.82, 2.24) is 9.97 Å². The summed E-state index contributed by atoms with van der Waals surface area (Å²) in [5.41, 5.74) is 2.03. The summed E-state index contributed by atoms with van der Waals surface area (Å²) in [5.74, 6) is 1.44. The van der Waals surface area contributed by atoms with Crippen molar-refractivity contribution >= 4 is 23.1 Å². The maximum Gasteiger partial charge on any atom is 0.226 e.